The molecule has 2 atom stereocenters. The summed E-state index contributed by atoms with van der Waals surface area (Å²) in [6.07, 6.45) is 4.59. The molecule has 0 amide bonds. The highest BCUT2D eigenvalue weighted by atomic mass is 16.5. The van der Waals surface area contributed by atoms with Gasteiger partial charge in [0.25, 0.3) is 0 Å². The molecule has 4 aromatic rings. The van der Waals surface area contributed by atoms with Gasteiger partial charge in [0, 0.05) is 12.1 Å². The Balaban J connectivity index is 1.27. The highest BCUT2D eigenvalue weighted by molar-refractivity contribution is 5.79. The van der Waals surface area contributed by atoms with Gasteiger partial charge in [-0.15, -0.1) is 0 Å². The molecule has 0 spiro atoms. The van der Waals surface area contributed by atoms with Gasteiger partial charge in [-0.2, -0.15) is 9.97 Å². The van der Waals surface area contributed by atoms with Gasteiger partial charge in [-0.3, -0.25) is 9.59 Å². The van der Waals surface area contributed by atoms with Crippen LogP contribution >= 0.6 is 0 Å². The minimum atomic E-state index is -0.141. The number of aldehydes is 2. The Labute approximate surface area is 231 Å². The number of ether oxygens (including phenoxy) is 4. The van der Waals surface area contributed by atoms with Gasteiger partial charge in [0.1, 0.15) is 12.2 Å². The molecule has 0 bridgehead atoms. The zero-order valence-electron chi connectivity index (χ0n) is 22.3. The summed E-state index contributed by atoms with van der Waals surface area (Å²) in [6, 6.07) is 19.5. The number of fused-ring (bicyclic) bond motifs is 2. The Morgan fingerprint density at radius 1 is 0.650 bits per heavy atom. The van der Waals surface area contributed by atoms with Gasteiger partial charge in [0.05, 0.1) is 25.3 Å². The van der Waals surface area contributed by atoms with Crippen LogP contribution in [-0.4, -0.2) is 36.8 Å². The first-order valence-electron chi connectivity index (χ1n) is 13.2. The largest absolute Gasteiger partial charge is 0.480 e. The summed E-state index contributed by atoms with van der Waals surface area (Å²) in [7, 11) is 2.97. The third kappa shape index (κ3) is 4.55. The van der Waals surface area contributed by atoms with E-state index in [2.05, 4.69) is 46.4 Å². The van der Waals surface area contributed by atoms with Crippen molar-refractivity contribution in [2.45, 2.75) is 37.9 Å². The van der Waals surface area contributed by atoms with Crippen molar-refractivity contribution in [2.75, 3.05) is 14.2 Å². The maximum atomic E-state index is 11.2. The molecule has 8 nitrogen and oxygen atoms in total. The molecule has 202 valence electrons. The third-order valence-electron chi connectivity index (χ3n) is 7.62. The summed E-state index contributed by atoms with van der Waals surface area (Å²) in [4.78, 5) is 31.2. The minimum absolute atomic E-state index is 0.141. The molecule has 0 radical (unpaired) electrons. The molecule has 0 saturated carbocycles. The molecule has 2 heterocycles. The van der Waals surface area contributed by atoms with E-state index in [0.717, 1.165) is 49.4 Å². The second-order valence-corrected chi connectivity index (χ2v) is 9.77. The Kier molecular flexibility index (Phi) is 6.90. The lowest BCUT2D eigenvalue weighted by atomic mass is 9.91. The summed E-state index contributed by atoms with van der Waals surface area (Å²) in [5, 5.41) is 0. The molecule has 0 fully saturated rings. The molecule has 0 aliphatic heterocycles. The van der Waals surface area contributed by atoms with Crippen LogP contribution in [0.5, 0.6) is 23.5 Å². The van der Waals surface area contributed by atoms with Crippen LogP contribution in [0.4, 0.5) is 0 Å². The van der Waals surface area contributed by atoms with Crippen LogP contribution in [0.25, 0.3) is 11.1 Å². The van der Waals surface area contributed by atoms with Crippen molar-refractivity contribution in [3.05, 3.63) is 94.0 Å². The van der Waals surface area contributed by atoms with Gasteiger partial charge < -0.3 is 18.9 Å². The lowest BCUT2D eigenvalue weighted by molar-refractivity contribution is 0.111. The number of hydrogen-bond acceptors (Lipinski definition) is 8. The van der Waals surface area contributed by atoms with Crippen molar-refractivity contribution in [3.63, 3.8) is 0 Å². The Morgan fingerprint density at radius 3 is 1.50 bits per heavy atom. The van der Waals surface area contributed by atoms with E-state index < -0.39 is 0 Å². The number of methoxy groups -OCH3 is 2. The summed E-state index contributed by atoms with van der Waals surface area (Å²) in [5.41, 5.74) is 8.03. The van der Waals surface area contributed by atoms with E-state index in [1.54, 1.807) is 24.3 Å². The summed E-state index contributed by atoms with van der Waals surface area (Å²) in [5.74, 6) is 1.37. The second kappa shape index (κ2) is 10.8. The molecule has 2 aliphatic rings. The van der Waals surface area contributed by atoms with Crippen LogP contribution in [0.15, 0.2) is 60.7 Å². The Bertz CT molecular complexity index is 1480. The summed E-state index contributed by atoms with van der Waals surface area (Å²) in [6.45, 7) is 0. The lowest BCUT2D eigenvalue weighted by Crippen LogP contribution is -2.06. The van der Waals surface area contributed by atoms with Crippen molar-refractivity contribution in [1.82, 2.24) is 9.97 Å². The first-order valence-corrected chi connectivity index (χ1v) is 13.2. The molecule has 0 unspecified atom stereocenters. The highest BCUT2D eigenvalue weighted by Crippen LogP contribution is 2.45. The topological polar surface area (TPSA) is 96.8 Å². The second-order valence-electron chi connectivity index (χ2n) is 9.77. The average molecular weight is 537 g/mol. The number of pyridine rings is 2. The number of carbonyl (C=O) groups is 2. The van der Waals surface area contributed by atoms with E-state index >= 15 is 0 Å². The smallest absolute Gasteiger partial charge is 0.227 e. The fraction of sp³-hybridized carbons (Fsp3) is 0.250. The standard InChI is InChI=1S/C32H28N2O6/c1-37-31-19(17-35)9-15-29(33-31)39-27-13-11-23-21(5-3-7-25(23)27)22-6-4-8-26-24(22)12-14-28(26)40-30-16-10-20(18-36)32(34-30)38-2/h3-10,15-18,27-28H,11-14H2,1-2H3/t27-,28-/m0/s1. The van der Waals surface area contributed by atoms with Gasteiger partial charge in [-0.05, 0) is 71.2 Å². The van der Waals surface area contributed by atoms with Crippen molar-refractivity contribution < 1.29 is 28.5 Å². The Hall–Kier alpha value is -4.72. The molecule has 8 heteroatoms. The van der Waals surface area contributed by atoms with E-state index in [0.29, 0.717) is 22.9 Å². The number of hydrogen-bond donors (Lipinski definition) is 0. The van der Waals surface area contributed by atoms with E-state index in [1.165, 1.54) is 36.5 Å². The van der Waals surface area contributed by atoms with Crippen LogP contribution in [0, 0.1) is 0 Å². The van der Waals surface area contributed by atoms with Crippen LogP contribution in [0.2, 0.25) is 0 Å². The van der Waals surface area contributed by atoms with Crippen molar-refractivity contribution in [3.8, 4) is 34.6 Å². The van der Waals surface area contributed by atoms with Gasteiger partial charge in [0.2, 0.25) is 23.5 Å². The zero-order chi connectivity index (χ0) is 27.6. The van der Waals surface area contributed by atoms with Gasteiger partial charge in [0.15, 0.2) is 12.6 Å². The average Bonchev–Trinajstić information content (AvgIpc) is 3.61. The van der Waals surface area contributed by atoms with Gasteiger partial charge in [-0.25, -0.2) is 0 Å². The number of aromatic nitrogens is 2. The van der Waals surface area contributed by atoms with E-state index in [4.69, 9.17) is 18.9 Å². The maximum absolute atomic E-state index is 11.2. The van der Waals surface area contributed by atoms with Crippen LogP contribution < -0.4 is 18.9 Å². The van der Waals surface area contributed by atoms with E-state index in [9.17, 15) is 9.59 Å². The number of rotatable bonds is 9. The molecule has 2 aromatic carbocycles. The van der Waals surface area contributed by atoms with Gasteiger partial charge in [-0.1, -0.05) is 36.4 Å². The van der Waals surface area contributed by atoms with Crippen LogP contribution in [0.1, 0.15) is 68.0 Å². The van der Waals surface area contributed by atoms with Gasteiger partial charge >= 0.3 is 0 Å². The minimum Gasteiger partial charge on any atom is -0.480 e. The number of carbonyl (C=O) groups excluding carboxylic acids is 2. The first kappa shape index (κ1) is 25.6. The quantitative estimate of drug-likeness (QED) is 0.243. The third-order valence-corrected chi connectivity index (χ3v) is 7.62. The first-order chi connectivity index (χ1) is 19.6. The molecular weight excluding hydrogens is 508 g/mol. The normalized spacial score (nSPS) is 17.1. The highest BCUT2D eigenvalue weighted by Gasteiger charge is 2.31. The lowest BCUT2D eigenvalue weighted by Gasteiger charge is -2.18. The SMILES string of the molecule is COc1nc(O[C@H]2CCc3c(-c4cccc5c4CC[C@@H]5Oc4ccc(C=O)c(OC)n4)cccc32)ccc1C=O. The number of nitrogens with zero attached hydrogens (tertiary/aromatic N) is 2. The van der Waals surface area contributed by atoms with E-state index in [-0.39, 0.29) is 24.0 Å². The van der Waals surface area contributed by atoms with Crippen molar-refractivity contribution in [2.24, 2.45) is 0 Å². The maximum Gasteiger partial charge on any atom is 0.227 e. The number of benzene rings is 2. The van der Waals surface area contributed by atoms with Crippen molar-refractivity contribution >= 4 is 12.6 Å². The van der Waals surface area contributed by atoms with Crippen LogP contribution in [0.3, 0.4) is 0 Å². The monoisotopic (exact) mass is 536 g/mol. The molecule has 6 rings (SSSR count). The van der Waals surface area contributed by atoms with Crippen molar-refractivity contribution in [1.29, 1.82) is 0 Å². The zero-order valence-corrected chi connectivity index (χ0v) is 22.3. The molecular formula is C32H28N2O6. The molecule has 0 saturated heterocycles. The Morgan fingerprint density at radius 2 is 1.10 bits per heavy atom. The molecule has 2 aromatic heterocycles. The summed E-state index contributed by atoms with van der Waals surface area (Å²) < 4.78 is 23.0. The predicted molar refractivity (Wildman–Crippen MR) is 148 cm³/mol. The molecule has 40 heavy (non-hydrogen) atoms. The summed E-state index contributed by atoms with van der Waals surface area (Å²) >= 11 is 0. The predicted octanol–water partition coefficient (Wildman–Crippen LogP) is 5.92. The van der Waals surface area contributed by atoms with E-state index in [1.807, 2.05) is 0 Å². The fourth-order valence-electron chi connectivity index (χ4n) is 5.78. The fourth-order valence-corrected chi connectivity index (χ4v) is 5.78. The molecule has 2 aliphatic carbocycles. The molecule has 0 N–H and O–H groups in total. The van der Waals surface area contributed by atoms with Crippen LogP contribution in [-0.2, 0) is 12.8 Å².